The summed E-state index contributed by atoms with van der Waals surface area (Å²) in [4.78, 5) is 25.7. The number of fused-ring (bicyclic) bond motifs is 1. The third-order valence-electron chi connectivity index (χ3n) is 7.40. The van der Waals surface area contributed by atoms with E-state index in [4.69, 9.17) is 10.5 Å². The van der Waals surface area contributed by atoms with Crippen molar-refractivity contribution in [1.82, 2.24) is 0 Å². The van der Waals surface area contributed by atoms with E-state index >= 15 is 0 Å². The van der Waals surface area contributed by atoms with E-state index in [2.05, 4.69) is 20.8 Å². The summed E-state index contributed by atoms with van der Waals surface area (Å²) < 4.78 is 5.37. The maximum Gasteiger partial charge on any atom is 0.220 e. The van der Waals surface area contributed by atoms with E-state index in [0.29, 0.717) is 23.7 Å². The molecule has 148 valence electrons. The Morgan fingerprint density at radius 2 is 1.81 bits per heavy atom. The summed E-state index contributed by atoms with van der Waals surface area (Å²) in [6, 6.07) is 5.69. The average Bonchev–Trinajstić information content (AvgIpc) is 2.59. The van der Waals surface area contributed by atoms with Gasteiger partial charge in [0.2, 0.25) is 5.91 Å². The number of ether oxygens (including phenoxy) is 1. The zero-order chi connectivity index (χ0) is 20.0. The molecule has 4 unspecified atom stereocenters. The molecule has 4 atom stereocenters. The van der Waals surface area contributed by atoms with Crippen LogP contribution in [0, 0.1) is 35.5 Å². The molecule has 0 heterocycles. The number of rotatable bonds is 4. The van der Waals surface area contributed by atoms with E-state index in [1.807, 2.05) is 25.1 Å². The Balaban J connectivity index is 2.04. The smallest absolute Gasteiger partial charge is 0.220 e. The number of ketones is 1. The summed E-state index contributed by atoms with van der Waals surface area (Å²) in [5.41, 5.74) is 7.43. The molecule has 0 saturated heterocycles. The third-order valence-corrected chi connectivity index (χ3v) is 7.40. The van der Waals surface area contributed by atoms with E-state index in [1.54, 1.807) is 7.11 Å². The van der Waals surface area contributed by atoms with E-state index in [-0.39, 0.29) is 34.4 Å². The maximum atomic E-state index is 13.7. The van der Waals surface area contributed by atoms with Gasteiger partial charge in [-0.1, -0.05) is 27.2 Å². The SMILES string of the molecule is COc1cc(C)cc(C(=O)C2CC(C(N)=O)CC3C(C)(C)CCCC23C)c1. The molecule has 0 spiro atoms. The van der Waals surface area contributed by atoms with Crippen molar-refractivity contribution in [3.63, 3.8) is 0 Å². The number of amides is 1. The van der Waals surface area contributed by atoms with Gasteiger partial charge in [-0.25, -0.2) is 0 Å². The van der Waals surface area contributed by atoms with Crippen LogP contribution >= 0.6 is 0 Å². The van der Waals surface area contributed by atoms with E-state index in [1.165, 1.54) is 0 Å². The number of methoxy groups -OCH3 is 1. The van der Waals surface area contributed by atoms with Crippen LogP contribution in [0.2, 0.25) is 0 Å². The molecule has 0 bridgehead atoms. The van der Waals surface area contributed by atoms with Gasteiger partial charge in [0.25, 0.3) is 0 Å². The molecule has 1 amide bonds. The van der Waals surface area contributed by atoms with E-state index < -0.39 is 0 Å². The monoisotopic (exact) mass is 371 g/mol. The molecule has 2 aliphatic carbocycles. The highest BCUT2D eigenvalue weighted by atomic mass is 16.5. The molecule has 0 radical (unpaired) electrons. The second kappa shape index (κ2) is 6.96. The van der Waals surface area contributed by atoms with Crippen LogP contribution in [0.5, 0.6) is 5.75 Å². The molecule has 1 aromatic carbocycles. The lowest BCUT2D eigenvalue weighted by molar-refractivity contribution is -0.131. The molecule has 2 N–H and O–H groups in total. The van der Waals surface area contributed by atoms with Crippen molar-refractivity contribution in [2.75, 3.05) is 7.11 Å². The Labute approximate surface area is 162 Å². The number of primary amides is 1. The fourth-order valence-electron chi connectivity index (χ4n) is 5.95. The molecule has 3 rings (SSSR count). The van der Waals surface area contributed by atoms with Crippen LogP contribution in [-0.4, -0.2) is 18.8 Å². The fourth-order valence-corrected chi connectivity index (χ4v) is 5.95. The minimum absolute atomic E-state index is 0.0955. The van der Waals surface area contributed by atoms with Gasteiger partial charge in [0, 0.05) is 17.4 Å². The van der Waals surface area contributed by atoms with Crippen molar-refractivity contribution in [1.29, 1.82) is 0 Å². The molecular weight excluding hydrogens is 338 g/mol. The molecule has 27 heavy (non-hydrogen) atoms. The van der Waals surface area contributed by atoms with Crippen LogP contribution in [0.3, 0.4) is 0 Å². The van der Waals surface area contributed by atoms with Gasteiger partial charge in [0.05, 0.1) is 7.11 Å². The maximum absolute atomic E-state index is 13.7. The number of carbonyl (C=O) groups is 2. The van der Waals surface area contributed by atoms with Gasteiger partial charge in [0.15, 0.2) is 5.78 Å². The minimum atomic E-state index is -0.266. The third kappa shape index (κ3) is 3.51. The predicted molar refractivity (Wildman–Crippen MR) is 107 cm³/mol. The molecule has 4 nitrogen and oxygen atoms in total. The summed E-state index contributed by atoms with van der Waals surface area (Å²) >= 11 is 0. The predicted octanol–water partition coefficient (Wildman–Crippen LogP) is 4.53. The molecule has 2 saturated carbocycles. The molecule has 0 aliphatic heterocycles. The van der Waals surface area contributed by atoms with Crippen LogP contribution in [0.25, 0.3) is 0 Å². The topological polar surface area (TPSA) is 69.4 Å². The Kier molecular flexibility index (Phi) is 5.13. The first-order valence-corrected chi connectivity index (χ1v) is 10.1. The van der Waals surface area contributed by atoms with Gasteiger partial charge in [-0.3, -0.25) is 9.59 Å². The van der Waals surface area contributed by atoms with Crippen LogP contribution < -0.4 is 10.5 Å². The summed E-state index contributed by atoms with van der Waals surface area (Å²) in [6.07, 6.45) is 4.67. The number of nitrogens with two attached hydrogens (primary N) is 1. The second-order valence-corrected chi connectivity index (χ2v) is 9.63. The Morgan fingerprint density at radius 3 is 2.44 bits per heavy atom. The van der Waals surface area contributed by atoms with E-state index in [9.17, 15) is 9.59 Å². The van der Waals surface area contributed by atoms with Crippen molar-refractivity contribution in [2.24, 2.45) is 34.3 Å². The molecule has 0 aromatic heterocycles. The highest BCUT2D eigenvalue weighted by molar-refractivity contribution is 5.99. The van der Waals surface area contributed by atoms with Crippen molar-refractivity contribution >= 4 is 11.7 Å². The van der Waals surface area contributed by atoms with Gasteiger partial charge >= 0.3 is 0 Å². The summed E-state index contributed by atoms with van der Waals surface area (Å²) in [7, 11) is 1.62. The van der Waals surface area contributed by atoms with Crippen LogP contribution in [0.15, 0.2) is 18.2 Å². The van der Waals surface area contributed by atoms with Gasteiger partial charge in [-0.2, -0.15) is 0 Å². The summed E-state index contributed by atoms with van der Waals surface area (Å²) in [6.45, 7) is 8.82. The van der Waals surface area contributed by atoms with Gasteiger partial charge in [-0.05, 0) is 73.1 Å². The van der Waals surface area contributed by atoms with Gasteiger partial charge < -0.3 is 10.5 Å². The van der Waals surface area contributed by atoms with Gasteiger partial charge in [0.1, 0.15) is 5.75 Å². The quantitative estimate of drug-likeness (QED) is 0.791. The lowest BCUT2D eigenvalue weighted by atomic mass is 9.46. The minimum Gasteiger partial charge on any atom is -0.497 e. The average molecular weight is 372 g/mol. The first kappa shape index (κ1) is 19.9. The Morgan fingerprint density at radius 1 is 1.11 bits per heavy atom. The van der Waals surface area contributed by atoms with Crippen LogP contribution in [-0.2, 0) is 4.79 Å². The normalized spacial score (nSPS) is 32.4. The number of Topliss-reactive ketones (excluding diaryl/α,β-unsaturated/α-hetero) is 1. The second-order valence-electron chi connectivity index (χ2n) is 9.63. The molecule has 2 aliphatic rings. The lowest BCUT2D eigenvalue weighted by Crippen LogP contribution is -2.54. The molecule has 4 heteroatoms. The zero-order valence-corrected chi connectivity index (χ0v) is 17.3. The Hall–Kier alpha value is -1.84. The van der Waals surface area contributed by atoms with Crippen molar-refractivity contribution < 1.29 is 14.3 Å². The van der Waals surface area contributed by atoms with Crippen molar-refractivity contribution in [3.8, 4) is 5.75 Å². The molecule has 1 aromatic rings. The number of benzene rings is 1. The first-order chi connectivity index (χ1) is 12.6. The van der Waals surface area contributed by atoms with E-state index in [0.717, 1.165) is 31.2 Å². The first-order valence-electron chi connectivity index (χ1n) is 10.1. The molecule has 2 fully saturated rings. The van der Waals surface area contributed by atoms with Crippen molar-refractivity contribution in [3.05, 3.63) is 29.3 Å². The largest absolute Gasteiger partial charge is 0.497 e. The van der Waals surface area contributed by atoms with Crippen molar-refractivity contribution in [2.45, 2.75) is 59.8 Å². The highest BCUT2D eigenvalue weighted by Gasteiger charge is 2.56. The number of hydrogen-bond donors (Lipinski definition) is 1. The fraction of sp³-hybridized carbons (Fsp3) is 0.652. The lowest BCUT2D eigenvalue weighted by Gasteiger charge is -2.58. The highest BCUT2D eigenvalue weighted by Crippen LogP contribution is 2.61. The standard InChI is InChI=1S/C23H33NO3/c1-14-9-15(11-17(10-14)27-5)20(25)18-12-16(21(24)26)13-19-22(2,3)7-6-8-23(18,19)4/h9-11,16,18-19H,6-8,12-13H2,1-5H3,(H2,24,26). The van der Waals surface area contributed by atoms with Crippen LogP contribution in [0.4, 0.5) is 0 Å². The Bertz CT molecular complexity index is 754. The number of aryl methyl sites for hydroxylation is 1. The number of hydrogen-bond acceptors (Lipinski definition) is 3. The zero-order valence-electron chi connectivity index (χ0n) is 17.3. The molecular formula is C23H33NO3. The van der Waals surface area contributed by atoms with Gasteiger partial charge in [-0.15, -0.1) is 0 Å². The number of carbonyl (C=O) groups excluding carboxylic acids is 2. The van der Waals surface area contributed by atoms with Crippen LogP contribution in [0.1, 0.15) is 68.8 Å². The summed E-state index contributed by atoms with van der Waals surface area (Å²) in [5.74, 6) is 0.490. The summed E-state index contributed by atoms with van der Waals surface area (Å²) in [5, 5.41) is 0.